The number of phenolic OH excluding ortho intramolecular Hbond substituents is 1. The molecule has 2 rings (SSSR count). The molecule has 0 aliphatic heterocycles. The SMILES string of the molecule is COc1c(C2(CN)CCCC2)cc(Br)c(O)c1F. The molecule has 1 saturated carbocycles. The number of ether oxygens (including phenoxy) is 1. The third kappa shape index (κ3) is 1.99. The minimum absolute atomic E-state index is 0.114. The van der Waals surface area contributed by atoms with Gasteiger partial charge in [-0.1, -0.05) is 12.8 Å². The first-order chi connectivity index (χ1) is 8.55. The van der Waals surface area contributed by atoms with Gasteiger partial charge in [0.2, 0.25) is 5.82 Å². The second-order valence-electron chi connectivity index (χ2n) is 4.79. The van der Waals surface area contributed by atoms with Gasteiger partial charge in [0, 0.05) is 17.5 Å². The maximum atomic E-state index is 14.0. The highest BCUT2D eigenvalue weighted by Crippen LogP contribution is 2.48. The summed E-state index contributed by atoms with van der Waals surface area (Å²) in [4.78, 5) is 0. The third-order valence-corrected chi connectivity index (χ3v) is 4.48. The van der Waals surface area contributed by atoms with Crippen molar-refractivity contribution in [1.29, 1.82) is 0 Å². The van der Waals surface area contributed by atoms with E-state index in [4.69, 9.17) is 10.5 Å². The van der Waals surface area contributed by atoms with Crippen molar-refractivity contribution >= 4 is 15.9 Å². The van der Waals surface area contributed by atoms with Crippen molar-refractivity contribution in [3.63, 3.8) is 0 Å². The number of hydrogen-bond acceptors (Lipinski definition) is 3. The average Bonchev–Trinajstić information content (AvgIpc) is 2.85. The largest absolute Gasteiger partial charge is 0.504 e. The predicted octanol–water partition coefficient (Wildman–Crippen LogP) is 3.07. The Labute approximate surface area is 114 Å². The molecule has 5 heteroatoms. The Morgan fingerprint density at radius 1 is 1.50 bits per heavy atom. The van der Waals surface area contributed by atoms with Crippen molar-refractivity contribution in [3.05, 3.63) is 21.9 Å². The Balaban J connectivity index is 2.62. The van der Waals surface area contributed by atoms with Crippen LogP contribution < -0.4 is 10.5 Å². The van der Waals surface area contributed by atoms with Gasteiger partial charge in [0.15, 0.2) is 11.5 Å². The lowest BCUT2D eigenvalue weighted by atomic mass is 9.78. The highest BCUT2D eigenvalue weighted by atomic mass is 79.9. The number of aromatic hydroxyl groups is 1. The zero-order valence-corrected chi connectivity index (χ0v) is 11.9. The van der Waals surface area contributed by atoms with Crippen molar-refractivity contribution in [2.75, 3.05) is 13.7 Å². The second-order valence-corrected chi connectivity index (χ2v) is 5.65. The van der Waals surface area contributed by atoms with E-state index >= 15 is 0 Å². The molecule has 1 aliphatic rings. The van der Waals surface area contributed by atoms with Gasteiger partial charge in [0.1, 0.15) is 0 Å². The fourth-order valence-corrected chi connectivity index (χ4v) is 3.22. The lowest BCUT2D eigenvalue weighted by Crippen LogP contribution is -2.32. The number of benzene rings is 1. The van der Waals surface area contributed by atoms with Crippen LogP contribution in [-0.2, 0) is 5.41 Å². The van der Waals surface area contributed by atoms with Crippen molar-refractivity contribution in [1.82, 2.24) is 0 Å². The number of phenols is 1. The lowest BCUT2D eigenvalue weighted by molar-refractivity contribution is 0.340. The van der Waals surface area contributed by atoms with Gasteiger partial charge in [-0.3, -0.25) is 0 Å². The molecule has 0 radical (unpaired) electrons. The standard InChI is InChI=1S/C13H17BrFNO2/c1-18-12-8(6-9(14)11(17)10(12)15)13(7-16)4-2-3-5-13/h6,17H,2-5,7,16H2,1H3. The molecule has 100 valence electrons. The number of halogens is 2. The molecule has 1 aromatic rings. The molecule has 1 aliphatic carbocycles. The van der Waals surface area contributed by atoms with Crippen LogP contribution in [0.15, 0.2) is 10.5 Å². The maximum absolute atomic E-state index is 14.0. The fraction of sp³-hybridized carbons (Fsp3) is 0.538. The molecular weight excluding hydrogens is 301 g/mol. The van der Waals surface area contributed by atoms with Gasteiger partial charge in [0.05, 0.1) is 11.6 Å². The first-order valence-corrected chi connectivity index (χ1v) is 6.80. The summed E-state index contributed by atoms with van der Waals surface area (Å²) in [7, 11) is 1.41. The molecule has 0 unspecified atom stereocenters. The van der Waals surface area contributed by atoms with E-state index in [1.807, 2.05) is 0 Å². The predicted molar refractivity (Wildman–Crippen MR) is 71.5 cm³/mol. The van der Waals surface area contributed by atoms with Crippen molar-refractivity contribution in [2.24, 2.45) is 5.73 Å². The summed E-state index contributed by atoms with van der Waals surface area (Å²) >= 11 is 3.17. The van der Waals surface area contributed by atoms with E-state index in [0.717, 1.165) is 31.2 Å². The van der Waals surface area contributed by atoms with Gasteiger partial charge in [-0.2, -0.15) is 4.39 Å². The first-order valence-electron chi connectivity index (χ1n) is 6.01. The van der Waals surface area contributed by atoms with E-state index in [1.54, 1.807) is 6.07 Å². The van der Waals surface area contributed by atoms with Crippen LogP contribution in [0, 0.1) is 5.82 Å². The minimum atomic E-state index is -0.721. The zero-order chi connectivity index (χ0) is 13.3. The number of hydrogen-bond donors (Lipinski definition) is 2. The van der Waals surface area contributed by atoms with E-state index in [2.05, 4.69) is 15.9 Å². The van der Waals surface area contributed by atoms with Gasteiger partial charge in [-0.15, -0.1) is 0 Å². The van der Waals surface area contributed by atoms with Gasteiger partial charge in [-0.05, 0) is 34.8 Å². The Kier molecular flexibility index (Phi) is 3.82. The Hall–Kier alpha value is -0.810. The van der Waals surface area contributed by atoms with Gasteiger partial charge < -0.3 is 15.6 Å². The number of nitrogens with two attached hydrogens (primary N) is 1. The molecule has 0 heterocycles. The van der Waals surface area contributed by atoms with Gasteiger partial charge >= 0.3 is 0 Å². The molecule has 0 aromatic heterocycles. The smallest absolute Gasteiger partial charge is 0.208 e. The summed E-state index contributed by atoms with van der Waals surface area (Å²) in [5.74, 6) is -1.02. The summed E-state index contributed by atoms with van der Waals surface area (Å²) in [5, 5.41) is 9.61. The number of rotatable bonds is 3. The molecule has 0 spiro atoms. The molecule has 1 fully saturated rings. The summed E-state index contributed by atoms with van der Waals surface area (Å²) in [6, 6.07) is 1.73. The van der Waals surface area contributed by atoms with Crippen molar-refractivity contribution < 1.29 is 14.2 Å². The van der Waals surface area contributed by atoms with Crippen molar-refractivity contribution in [3.8, 4) is 11.5 Å². The fourth-order valence-electron chi connectivity index (χ4n) is 2.82. The summed E-state index contributed by atoms with van der Waals surface area (Å²) < 4.78 is 19.5. The van der Waals surface area contributed by atoms with Crippen LogP contribution in [0.2, 0.25) is 0 Å². The van der Waals surface area contributed by atoms with E-state index < -0.39 is 11.6 Å². The van der Waals surface area contributed by atoms with Gasteiger partial charge in [-0.25, -0.2) is 0 Å². The molecule has 1 aromatic carbocycles. The van der Waals surface area contributed by atoms with Crippen LogP contribution in [0.3, 0.4) is 0 Å². The Bertz CT molecular complexity index is 459. The van der Waals surface area contributed by atoms with Crippen LogP contribution in [0.1, 0.15) is 31.2 Å². The average molecular weight is 318 g/mol. The van der Waals surface area contributed by atoms with Crippen LogP contribution in [0.4, 0.5) is 4.39 Å². The van der Waals surface area contributed by atoms with E-state index in [1.165, 1.54) is 7.11 Å². The summed E-state index contributed by atoms with van der Waals surface area (Å²) in [6.07, 6.45) is 4.02. The first kappa shape index (κ1) is 13.6. The van der Waals surface area contributed by atoms with E-state index in [-0.39, 0.29) is 11.2 Å². The normalized spacial score (nSPS) is 18.0. The zero-order valence-electron chi connectivity index (χ0n) is 10.3. The quantitative estimate of drug-likeness (QED) is 0.900. The minimum Gasteiger partial charge on any atom is -0.504 e. The Morgan fingerprint density at radius 2 is 2.11 bits per heavy atom. The third-order valence-electron chi connectivity index (χ3n) is 3.88. The van der Waals surface area contributed by atoms with Crippen molar-refractivity contribution in [2.45, 2.75) is 31.1 Å². The molecule has 0 saturated heterocycles. The van der Waals surface area contributed by atoms with Crippen LogP contribution >= 0.6 is 15.9 Å². The molecule has 3 N–H and O–H groups in total. The molecule has 0 bridgehead atoms. The monoisotopic (exact) mass is 317 g/mol. The second kappa shape index (κ2) is 5.05. The molecule has 0 atom stereocenters. The van der Waals surface area contributed by atoms with Gasteiger partial charge in [0.25, 0.3) is 0 Å². The van der Waals surface area contributed by atoms with Crippen LogP contribution in [0.5, 0.6) is 11.5 Å². The lowest BCUT2D eigenvalue weighted by Gasteiger charge is -2.30. The van der Waals surface area contributed by atoms with Crippen LogP contribution in [-0.4, -0.2) is 18.8 Å². The number of methoxy groups -OCH3 is 1. The molecule has 0 amide bonds. The van der Waals surface area contributed by atoms with E-state index in [0.29, 0.717) is 11.0 Å². The van der Waals surface area contributed by atoms with Crippen LogP contribution in [0.25, 0.3) is 0 Å². The maximum Gasteiger partial charge on any atom is 0.208 e. The molecular formula is C13H17BrFNO2. The molecule has 3 nitrogen and oxygen atoms in total. The highest BCUT2D eigenvalue weighted by molar-refractivity contribution is 9.10. The summed E-state index contributed by atoms with van der Waals surface area (Å²) in [6.45, 7) is 0.458. The highest BCUT2D eigenvalue weighted by Gasteiger charge is 2.38. The topological polar surface area (TPSA) is 55.5 Å². The van der Waals surface area contributed by atoms with E-state index in [9.17, 15) is 9.50 Å². The molecule has 18 heavy (non-hydrogen) atoms. The Morgan fingerprint density at radius 3 is 2.61 bits per heavy atom. The summed E-state index contributed by atoms with van der Waals surface area (Å²) in [5.41, 5.74) is 6.43.